The molecule has 9 heteroatoms. The van der Waals surface area contributed by atoms with Crippen LogP contribution in [0.3, 0.4) is 0 Å². The van der Waals surface area contributed by atoms with Gasteiger partial charge in [0.15, 0.2) is 0 Å². The molecular formula is C23H19BrClN3O4. The number of amides is 3. The molecule has 1 aliphatic rings. The lowest BCUT2D eigenvalue weighted by molar-refractivity contribution is -0.132. The number of carbonyl (C=O) groups excluding carboxylic acids is 3. The number of hydrogen-bond donors (Lipinski definition) is 0. The summed E-state index contributed by atoms with van der Waals surface area (Å²) in [5, 5.41) is 0.563. The van der Waals surface area contributed by atoms with Crippen LogP contribution in [-0.4, -0.2) is 47.3 Å². The van der Waals surface area contributed by atoms with E-state index < -0.39 is 0 Å². The van der Waals surface area contributed by atoms with Gasteiger partial charge in [0, 0.05) is 20.7 Å². The molecule has 164 valence electrons. The average Bonchev–Trinajstić information content (AvgIpc) is 3.43. The monoisotopic (exact) mass is 515 g/mol. The molecule has 0 unspecified atom stereocenters. The topological polar surface area (TPSA) is 74.1 Å². The molecule has 7 nitrogen and oxygen atoms in total. The molecule has 1 saturated heterocycles. The van der Waals surface area contributed by atoms with Crippen molar-refractivity contribution in [2.24, 2.45) is 0 Å². The van der Waals surface area contributed by atoms with Crippen molar-refractivity contribution in [3.05, 3.63) is 87.7 Å². The van der Waals surface area contributed by atoms with E-state index in [9.17, 15) is 14.4 Å². The van der Waals surface area contributed by atoms with Crippen molar-refractivity contribution in [1.82, 2.24) is 9.80 Å². The highest BCUT2D eigenvalue weighted by Crippen LogP contribution is 2.22. The van der Waals surface area contributed by atoms with E-state index >= 15 is 0 Å². The summed E-state index contributed by atoms with van der Waals surface area (Å²) in [6.45, 7) is 0.0105. The van der Waals surface area contributed by atoms with Crippen molar-refractivity contribution in [1.29, 1.82) is 0 Å². The third-order valence-corrected chi connectivity index (χ3v) is 5.84. The summed E-state index contributed by atoms with van der Waals surface area (Å²) in [4.78, 5) is 43.0. The molecule has 0 N–H and O–H groups in total. The van der Waals surface area contributed by atoms with E-state index in [-0.39, 0.29) is 44.0 Å². The van der Waals surface area contributed by atoms with Gasteiger partial charge in [0.2, 0.25) is 11.8 Å². The first kappa shape index (κ1) is 22.1. The van der Waals surface area contributed by atoms with Gasteiger partial charge in [-0.25, -0.2) is 0 Å². The van der Waals surface area contributed by atoms with E-state index in [0.717, 1.165) is 4.47 Å². The Kier molecular flexibility index (Phi) is 6.62. The van der Waals surface area contributed by atoms with Gasteiger partial charge in [0.25, 0.3) is 5.91 Å². The van der Waals surface area contributed by atoms with Gasteiger partial charge in [-0.15, -0.1) is 0 Å². The Bertz CT molecular complexity index is 1120. The summed E-state index contributed by atoms with van der Waals surface area (Å²) in [6.07, 6.45) is 1.52. The van der Waals surface area contributed by atoms with Crippen LogP contribution in [0.5, 0.6) is 0 Å². The Labute approximate surface area is 198 Å². The fraction of sp³-hybridized carbons (Fsp3) is 0.174. The third-order valence-electron chi connectivity index (χ3n) is 5.06. The molecule has 4 rings (SSSR count). The van der Waals surface area contributed by atoms with E-state index in [0.29, 0.717) is 22.0 Å². The summed E-state index contributed by atoms with van der Waals surface area (Å²) in [5.74, 6) is -0.268. The van der Waals surface area contributed by atoms with Gasteiger partial charge >= 0.3 is 0 Å². The normalized spacial score (nSPS) is 13.5. The Morgan fingerprint density at radius 1 is 1.06 bits per heavy atom. The van der Waals surface area contributed by atoms with E-state index in [2.05, 4.69) is 15.9 Å². The minimum atomic E-state index is -0.327. The van der Waals surface area contributed by atoms with Gasteiger partial charge in [-0.1, -0.05) is 27.5 Å². The average molecular weight is 517 g/mol. The largest absolute Gasteiger partial charge is 0.467 e. The first-order valence-electron chi connectivity index (χ1n) is 9.81. The molecule has 1 aliphatic heterocycles. The minimum Gasteiger partial charge on any atom is -0.467 e. The predicted octanol–water partition coefficient (Wildman–Crippen LogP) is 4.17. The van der Waals surface area contributed by atoms with Crippen molar-refractivity contribution in [3.8, 4) is 0 Å². The molecule has 0 radical (unpaired) electrons. The standard InChI is InChI=1S/C23H19BrClN3O4/c24-17-5-3-16(4-6-17)23(31)26(12-20-2-1-11-32-20)13-21(29)27-14-22(30)28(15-27)19-9-7-18(25)8-10-19/h1-11H,12-15H2. The quantitative estimate of drug-likeness (QED) is 0.493. The molecular weight excluding hydrogens is 498 g/mol. The zero-order valence-corrected chi connectivity index (χ0v) is 19.3. The van der Waals surface area contributed by atoms with Crippen molar-refractivity contribution < 1.29 is 18.8 Å². The fourth-order valence-electron chi connectivity index (χ4n) is 3.39. The second kappa shape index (κ2) is 9.58. The van der Waals surface area contributed by atoms with E-state index in [1.807, 2.05) is 0 Å². The minimum absolute atomic E-state index is 0.0530. The first-order valence-corrected chi connectivity index (χ1v) is 11.0. The van der Waals surface area contributed by atoms with E-state index in [1.54, 1.807) is 60.7 Å². The smallest absolute Gasteiger partial charge is 0.254 e. The number of nitrogens with zero attached hydrogens (tertiary/aromatic N) is 3. The van der Waals surface area contributed by atoms with Crippen LogP contribution in [0.2, 0.25) is 5.02 Å². The summed E-state index contributed by atoms with van der Waals surface area (Å²) < 4.78 is 6.23. The number of rotatable bonds is 6. The molecule has 0 atom stereocenters. The van der Waals surface area contributed by atoms with Crippen molar-refractivity contribution in [2.45, 2.75) is 6.54 Å². The molecule has 3 amide bonds. The van der Waals surface area contributed by atoms with Gasteiger partial charge in [-0.3, -0.25) is 19.3 Å². The molecule has 0 bridgehead atoms. The van der Waals surface area contributed by atoms with Crippen LogP contribution < -0.4 is 4.90 Å². The van der Waals surface area contributed by atoms with Crippen LogP contribution in [0, 0.1) is 0 Å². The maximum absolute atomic E-state index is 13.1. The number of carbonyl (C=O) groups is 3. The predicted molar refractivity (Wildman–Crippen MR) is 123 cm³/mol. The lowest BCUT2D eigenvalue weighted by atomic mass is 10.2. The van der Waals surface area contributed by atoms with Gasteiger partial charge in [-0.2, -0.15) is 0 Å². The Morgan fingerprint density at radius 3 is 2.44 bits per heavy atom. The lowest BCUT2D eigenvalue weighted by Crippen LogP contribution is -2.42. The fourth-order valence-corrected chi connectivity index (χ4v) is 3.78. The summed E-state index contributed by atoms with van der Waals surface area (Å²) >= 11 is 9.28. The molecule has 0 aliphatic carbocycles. The van der Waals surface area contributed by atoms with Crippen LogP contribution in [0.1, 0.15) is 16.1 Å². The van der Waals surface area contributed by atoms with Crippen molar-refractivity contribution >= 4 is 50.9 Å². The summed E-state index contributed by atoms with van der Waals surface area (Å²) in [5.41, 5.74) is 1.11. The van der Waals surface area contributed by atoms with Gasteiger partial charge < -0.3 is 14.2 Å². The molecule has 0 spiro atoms. The number of halogens is 2. The van der Waals surface area contributed by atoms with Gasteiger partial charge in [0.1, 0.15) is 25.5 Å². The summed E-state index contributed by atoms with van der Waals surface area (Å²) in [7, 11) is 0. The van der Waals surface area contributed by atoms with Crippen LogP contribution in [0.25, 0.3) is 0 Å². The maximum Gasteiger partial charge on any atom is 0.254 e. The third kappa shape index (κ3) is 5.03. The second-order valence-electron chi connectivity index (χ2n) is 7.28. The van der Waals surface area contributed by atoms with Crippen LogP contribution in [0.4, 0.5) is 5.69 Å². The van der Waals surface area contributed by atoms with Crippen molar-refractivity contribution in [2.75, 3.05) is 24.7 Å². The molecule has 32 heavy (non-hydrogen) atoms. The highest BCUT2D eigenvalue weighted by Gasteiger charge is 2.33. The van der Waals surface area contributed by atoms with Crippen LogP contribution in [0.15, 0.2) is 75.8 Å². The maximum atomic E-state index is 13.1. The van der Waals surface area contributed by atoms with Crippen LogP contribution >= 0.6 is 27.5 Å². The van der Waals surface area contributed by atoms with E-state index in [1.165, 1.54) is 21.0 Å². The molecule has 1 fully saturated rings. The molecule has 2 aromatic carbocycles. The van der Waals surface area contributed by atoms with Gasteiger partial charge in [0.05, 0.1) is 12.8 Å². The molecule has 1 aromatic heterocycles. The lowest BCUT2D eigenvalue weighted by Gasteiger charge is -2.24. The highest BCUT2D eigenvalue weighted by atomic mass is 79.9. The molecule has 3 aromatic rings. The summed E-state index contributed by atoms with van der Waals surface area (Å²) in [6, 6.07) is 17.2. The number of anilines is 1. The number of benzene rings is 2. The number of furan rings is 1. The Hall–Kier alpha value is -3.10. The van der Waals surface area contributed by atoms with Crippen LogP contribution in [-0.2, 0) is 16.1 Å². The molecule has 2 heterocycles. The first-order chi connectivity index (χ1) is 15.4. The highest BCUT2D eigenvalue weighted by molar-refractivity contribution is 9.10. The number of hydrogen-bond acceptors (Lipinski definition) is 4. The molecule has 0 saturated carbocycles. The zero-order chi connectivity index (χ0) is 22.7. The van der Waals surface area contributed by atoms with Gasteiger partial charge in [-0.05, 0) is 60.7 Å². The zero-order valence-electron chi connectivity index (χ0n) is 16.9. The van der Waals surface area contributed by atoms with Crippen molar-refractivity contribution in [3.63, 3.8) is 0 Å². The Morgan fingerprint density at radius 2 is 1.78 bits per heavy atom. The second-order valence-corrected chi connectivity index (χ2v) is 8.63. The Balaban J connectivity index is 1.49. The SMILES string of the molecule is O=C(CN(Cc1ccco1)C(=O)c1ccc(Br)cc1)N1CC(=O)N(c2ccc(Cl)cc2)C1. The van der Waals surface area contributed by atoms with E-state index in [4.69, 9.17) is 16.0 Å².